The van der Waals surface area contributed by atoms with Gasteiger partial charge in [-0.15, -0.1) is 0 Å². The summed E-state index contributed by atoms with van der Waals surface area (Å²) in [7, 11) is 1.60. The number of likely N-dealkylation sites (tertiary alicyclic amines) is 1. The van der Waals surface area contributed by atoms with Crippen molar-refractivity contribution in [2.75, 3.05) is 25.5 Å². The average molecular weight is 411 g/mol. The Morgan fingerprint density at radius 2 is 2.10 bits per heavy atom. The van der Waals surface area contributed by atoms with Crippen LogP contribution in [0.3, 0.4) is 0 Å². The highest BCUT2D eigenvalue weighted by atomic mass is 16.5. The van der Waals surface area contributed by atoms with E-state index in [0.29, 0.717) is 43.4 Å². The molecule has 2 aromatic rings. The van der Waals surface area contributed by atoms with Crippen LogP contribution < -0.4 is 15.4 Å². The van der Waals surface area contributed by atoms with Gasteiger partial charge in [-0.25, -0.2) is 4.79 Å². The van der Waals surface area contributed by atoms with Gasteiger partial charge in [0.15, 0.2) is 0 Å². The standard InChI is InChI=1S/C23H30N4O3/c1-3-18-16-27(23(29)26-20-7-4-8-21(13-20)30-2)11-9-19(18)12-22(28)25-15-17-6-5-10-24-14-17/h4-8,10,13-14,18-19H,3,9,11-12,15-16H2,1-2H3,(H,25,28)(H,26,29)/t18-,19+/m1/s1. The van der Waals surface area contributed by atoms with Crippen LogP contribution in [0, 0.1) is 11.8 Å². The van der Waals surface area contributed by atoms with E-state index in [1.807, 2.05) is 35.2 Å². The first kappa shape index (κ1) is 21.6. The lowest BCUT2D eigenvalue weighted by Gasteiger charge is -2.38. The van der Waals surface area contributed by atoms with Crippen LogP contribution in [0.4, 0.5) is 10.5 Å². The summed E-state index contributed by atoms with van der Waals surface area (Å²) in [4.78, 5) is 31.0. The maximum Gasteiger partial charge on any atom is 0.321 e. The molecule has 160 valence electrons. The molecule has 7 nitrogen and oxygen atoms in total. The van der Waals surface area contributed by atoms with Gasteiger partial charge >= 0.3 is 6.03 Å². The van der Waals surface area contributed by atoms with Crippen LogP contribution in [0.5, 0.6) is 5.75 Å². The minimum atomic E-state index is -0.110. The van der Waals surface area contributed by atoms with E-state index in [1.165, 1.54) is 0 Å². The van der Waals surface area contributed by atoms with Crippen molar-refractivity contribution in [1.82, 2.24) is 15.2 Å². The molecule has 1 aliphatic rings. The average Bonchev–Trinajstić information content (AvgIpc) is 2.78. The maximum atomic E-state index is 12.7. The zero-order valence-corrected chi connectivity index (χ0v) is 17.6. The van der Waals surface area contributed by atoms with E-state index >= 15 is 0 Å². The number of rotatable bonds is 7. The number of aromatic nitrogens is 1. The molecule has 0 spiro atoms. The third-order valence-corrected chi connectivity index (χ3v) is 5.68. The molecule has 2 N–H and O–H groups in total. The van der Waals surface area contributed by atoms with Crippen LogP contribution in [-0.2, 0) is 11.3 Å². The van der Waals surface area contributed by atoms with Gasteiger partial charge in [0, 0.05) is 50.2 Å². The first-order chi connectivity index (χ1) is 14.6. The van der Waals surface area contributed by atoms with Crippen LogP contribution >= 0.6 is 0 Å². The van der Waals surface area contributed by atoms with Gasteiger partial charge in [-0.2, -0.15) is 0 Å². The van der Waals surface area contributed by atoms with E-state index in [-0.39, 0.29) is 17.9 Å². The molecule has 0 saturated carbocycles. The molecule has 0 radical (unpaired) electrons. The maximum absolute atomic E-state index is 12.7. The van der Waals surface area contributed by atoms with Crippen molar-refractivity contribution in [3.05, 3.63) is 54.4 Å². The lowest BCUT2D eigenvalue weighted by molar-refractivity contribution is -0.123. The van der Waals surface area contributed by atoms with Crippen molar-refractivity contribution < 1.29 is 14.3 Å². The van der Waals surface area contributed by atoms with Crippen LogP contribution in [0.1, 0.15) is 31.7 Å². The SMILES string of the molecule is CC[C@@H]1CN(C(=O)Nc2cccc(OC)c2)CC[C@H]1CC(=O)NCc1cccnc1. The Bertz CT molecular complexity index is 843. The molecule has 3 amide bonds. The lowest BCUT2D eigenvalue weighted by atomic mass is 9.81. The number of amides is 3. The van der Waals surface area contributed by atoms with Gasteiger partial charge < -0.3 is 20.3 Å². The van der Waals surface area contributed by atoms with Crippen molar-refractivity contribution in [3.63, 3.8) is 0 Å². The van der Waals surface area contributed by atoms with Crippen molar-refractivity contribution >= 4 is 17.6 Å². The summed E-state index contributed by atoms with van der Waals surface area (Å²) in [5.41, 5.74) is 1.70. The number of nitrogens with one attached hydrogen (secondary N) is 2. The van der Waals surface area contributed by atoms with Crippen LogP contribution in [-0.4, -0.2) is 42.0 Å². The Kier molecular flexibility index (Phi) is 7.65. The monoisotopic (exact) mass is 410 g/mol. The molecular formula is C23H30N4O3. The molecule has 2 atom stereocenters. The van der Waals surface area contributed by atoms with Gasteiger partial charge in [-0.05, 0) is 42.0 Å². The third kappa shape index (κ3) is 5.95. The van der Waals surface area contributed by atoms with E-state index in [4.69, 9.17) is 4.74 Å². The highest BCUT2D eigenvalue weighted by molar-refractivity contribution is 5.89. The van der Waals surface area contributed by atoms with Gasteiger partial charge in [-0.3, -0.25) is 9.78 Å². The Hall–Kier alpha value is -3.09. The van der Waals surface area contributed by atoms with E-state index in [2.05, 4.69) is 22.5 Å². The molecule has 1 fully saturated rings. The zero-order valence-electron chi connectivity index (χ0n) is 17.6. The summed E-state index contributed by atoms with van der Waals surface area (Å²) in [6, 6.07) is 11.0. The van der Waals surface area contributed by atoms with Gasteiger partial charge in [0.1, 0.15) is 5.75 Å². The number of carbonyl (C=O) groups excluding carboxylic acids is 2. The van der Waals surface area contributed by atoms with Crippen molar-refractivity contribution in [2.45, 2.75) is 32.7 Å². The quantitative estimate of drug-likeness (QED) is 0.729. The van der Waals surface area contributed by atoms with E-state index in [0.717, 1.165) is 18.4 Å². The molecular weight excluding hydrogens is 380 g/mol. The predicted molar refractivity (Wildman–Crippen MR) is 116 cm³/mol. The summed E-state index contributed by atoms with van der Waals surface area (Å²) in [5.74, 6) is 1.34. The number of methoxy groups -OCH3 is 1. The third-order valence-electron chi connectivity index (χ3n) is 5.68. The van der Waals surface area contributed by atoms with E-state index < -0.39 is 0 Å². The van der Waals surface area contributed by atoms with E-state index in [1.54, 1.807) is 25.6 Å². The highest BCUT2D eigenvalue weighted by Crippen LogP contribution is 2.29. The predicted octanol–water partition coefficient (Wildman–Crippen LogP) is 3.68. The van der Waals surface area contributed by atoms with Gasteiger partial charge in [0.05, 0.1) is 7.11 Å². The summed E-state index contributed by atoms with van der Waals surface area (Å²) in [6.07, 6.45) is 5.72. The number of anilines is 1. The lowest BCUT2D eigenvalue weighted by Crippen LogP contribution is -2.46. The second-order valence-corrected chi connectivity index (χ2v) is 7.67. The number of urea groups is 1. The normalized spacial score (nSPS) is 18.5. The second-order valence-electron chi connectivity index (χ2n) is 7.67. The number of benzene rings is 1. The van der Waals surface area contributed by atoms with Crippen LogP contribution in [0.2, 0.25) is 0 Å². The minimum Gasteiger partial charge on any atom is -0.497 e. The number of hydrogen-bond donors (Lipinski definition) is 2. The molecule has 0 unspecified atom stereocenters. The van der Waals surface area contributed by atoms with Gasteiger partial charge in [0.2, 0.25) is 5.91 Å². The number of hydrogen-bond acceptors (Lipinski definition) is 4. The Labute approximate surface area is 177 Å². The fourth-order valence-corrected chi connectivity index (χ4v) is 3.91. The first-order valence-corrected chi connectivity index (χ1v) is 10.4. The largest absolute Gasteiger partial charge is 0.497 e. The molecule has 1 aromatic carbocycles. The molecule has 2 heterocycles. The van der Waals surface area contributed by atoms with Crippen LogP contribution in [0.25, 0.3) is 0 Å². The fourth-order valence-electron chi connectivity index (χ4n) is 3.91. The molecule has 0 aliphatic carbocycles. The molecule has 7 heteroatoms. The van der Waals surface area contributed by atoms with E-state index in [9.17, 15) is 9.59 Å². The number of nitrogens with zero attached hydrogens (tertiary/aromatic N) is 2. The summed E-state index contributed by atoms with van der Waals surface area (Å²) in [5, 5.41) is 5.93. The fraction of sp³-hybridized carbons (Fsp3) is 0.435. The van der Waals surface area contributed by atoms with Gasteiger partial charge in [-0.1, -0.05) is 25.5 Å². The minimum absolute atomic E-state index is 0.0524. The molecule has 1 saturated heterocycles. The van der Waals surface area contributed by atoms with Crippen LogP contribution in [0.15, 0.2) is 48.8 Å². The molecule has 0 bridgehead atoms. The first-order valence-electron chi connectivity index (χ1n) is 10.4. The Morgan fingerprint density at radius 1 is 1.23 bits per heavy atom. The molecule has 3 rings (SSSR count). The van der Waals surface area contributed by atoms with Crippen molar-refractivity contribution in [1.29, 1.82) is 0 Å². The van der Waals surface area contributed by atoms with Gasteiger partial charge in [0.25, 0.3) is 0 Å². The second kappa shape index (κ2) is 10.6. The molecule has 30 heavy (non-hydrogen) atoms. The highest BCUT2D eigenvalue weighted by Gasteiger charge is 2.31. The topological polar surface area (TPSA) is 83.6 Å². The smallest absolute Gasteiger partial charge is 0.321 e. The number of piperidine rings is 1. The number of ether oxygens (including phenoxy) is 1. The summed E-state index contributed by atoms with van der Waals surface area (Å²) < 4.78 is 5.21. The molecule has 1 aliphatic heterocycles. The Balaban J connectivity index is 1.50. The number of carbonyl (C=O) groups is 2. The number of pyridine rings is 1. The van der Waals surface area contributed by atoms with Crippen molar-refractivity contribution in [2.24, 2.45) is 11.8 Å². The Morgan fingerprint density at radius 3 is 2.83 bits per heavy atom. The summed E-state index contributed by atoms with van der Waals surface area (Å²) >= 11 is 0. The summed E-state index contributed by atoms with van der Waals surface area (Å²) in [6.45, 7) is 3.92. The molecule has 1 aromatic heterocycles. The van der Waals surface area contributed by atoms with Crippen molar-refractivity contribution in [3.8, 4) is 5.75 Å². The zero-order chi connectivity index (χ0) is 21.3.